The van der Waals surface area contributed by atoms with Gasteiger partial charge in [-0.15, -0.1) is 0 Å². The van der Waals surface area contributed by atoms with E-state index in [0.717, 1.165) is 24.1 Å². The van der Waals surface area contributed by atoms with Gasteiger partial charge in [-0.25, -0.2) is 0 Å². The normalized spacial score (nSPS) is 11.9. The highest BCUT2D eigenvalue weighted by atomic mass is 35.5. The number of carbonyl (C=O) groups excluding carboxylic acids is 1. The highest BCUT2D eigenvalue weighted by molar-refractivity contribution is 6.30. The molecule has 1 atom stereocenters. The molecule has 2 aromatic rings. The highest BCUT2D eigenvalue weighted by Crippen LogP contribution is 2.15. The van der Waals surface area contributed by atoms with E-state index in [1.807, 2.05) is 18.2 Å². The van der Waals surface area contributed by atoms with Crippen LogP contribution in [0.5, 0.6) is 0 Å². The molecule has 1 amide bonds. The Hall–Kier alpha value is -1.91. The summed E-state index contributed by atoms with van der Waals surface area (Å²) in [4.78, 5) is 16.0. The van der Waals surface area contributed by atoms with Gasteiger partial charge in [-0.1, -0.05) is 29.8 Å². The van der Waals surface area contributed by atoms with Gasteiger partial charge in [0.15, 0.2) is 0 Å². The second kappa shape index (κ2) is 8.51. The Kier molecular flexibility index (Phi) is 6.37. The topological polar surface area (TPSA) is 62.2 Å². The number of benzene rings is 1. The second-order valence-electron chi connectivity index (χ2n) is 5.05. The van der Waals surface area contributed by atoms with Crippen LogP contribution in [0, 0.1) is 0 Å². The van der Waals surface area contributed by atoms with Gasteiger partial charge in [-0.3, -0.25) is 9.78 Å². The molecule has 0 saturated heterocycles. The van der Waals surface area contributed by atoms with Crippen LogP contribution in [0.1, 0.15) is 30.2 Å². The van der Waals surface area contributed by atoms with Crippen LogP contribution in [0.15, 0.2) is 48.7 Å². The Morgan fingerprint density at radius 1 is 1.23 bits per heavy atom. The molecule has 0 aliphatic rings. The summed E-state index contributed by atoms with van der Waals surface area (Å²) in [6, 6.07) is 12.7. The molecule has 2 N–H and O–H groups in total. The van der Waals surface area contributed by atoms with Gasteiger partial charge in [-0.05, 0) is 42.7 Å². The lowest BCUT2D eigenvalue weighted by molar-refractivity contribution is -0.121. The van der Waals surface area contributed by atoms with E-state index in [4.69, 9.17) is 11.6 Å². The molecule has 0 saturated carbocycles. The Morgan fingerprint density at radius 2 is 2.00 bits per heavy atom. The van der Waals surface area contributed by atoms with Crippen LogP contribution in [0.4, 0.5) is 0 Å². The molecule has 1 heterocycles. The van der Waals surface area contributed by atoms with Crippen molar-refractivity contribution >= 4 is 17.5 Å². The number of hydrogen-bond donors (Lipinski definition) is 2. The van der Waals surface area contributed by atoms with Crippen molar-refractivity contribution in [1.29, 1.82) is 0 Å². The summed E-state index contributed by atoms with van der Waals surface area (Å²) in [6.45, 7) is 0.198. The van der Waals surface area contributed by atoms with Crippen LogP contribution in [0.2, 0.25) is 5.02 Å². The van der Waals surface area contributed by atoms with Crippen molar-refractivity contribution in [1.82, 2.24) is 10.3 Å². The quantitative estimate of drug-likeness (QED) is 0.825. The van der Waals surface area contributed by atoms with Gasteiger partial charge < -0.3 is 10.4 Å². The van der Waals surface area contributed by atoms with Crippen molar-refractivity contribution in [2.45, 2.75) is 25.4 Å². The van der Waals surface area contributed by atoms with Crippen molar-refractivity contribution in [3.8, 4) is 0 Å². The first-order valence-electron chi connectivity index (χ1n) is 7.25. The smallest absolute Gasteiger partial charge is 0.220 e. The Bertz CT molecular complexity index is 587. The van der Waals surface area contributed by atoms with Crippen molar-refractivity contribution in [2.75, 3.05) is 6.54 Å². The standard InChI is InChI=1S/C17H19ClN2O2/c18-14-9-7-13(8-10-14)16(21)12-20-17(22)6-3-5-15-4-1-2-11-19-15/h1-2,4,7-11,16,21H,3,5-6,12H2,(H,20,22). The fourth-order valence-corrected chi connectivity index (χ4v) is 2.20. The summed E-state index contributed by atoms with van der Waals surface area (Å²) in [5.41, 5.74) is 1.72. The van der Waals surface area contributed by atoms with Crippen molar-refractivity contribution in [3.63, 3.8) is 0 Å². The number of pyridine rings is 1. The fourth-order valence-electron chi connectivity index (χ4n) is 2.08. The van der Waals surface area contributed by atoms with Crippen LogP contribution >= 0.6 is 11.6 Å². The third-order valence-corrected chi connectivity index (χ3v) is 3.56. The molecule has 0 fully saturated rings. The molecule has 1 unspecified atom stereocenters. The van der Waals surface area contributed by atoms with Crippen LogP contribution in [-0.2, 0) is 11.2 Å². The molecule has 22 heavy (non-hydrogen) atoms. The Labute approximate surface area is 135 Å². The van der Waals surface area contributed by atoms with E-state index in [2.05, 4.69) is 10.3 Å². The SMILES string of the molecule is O=C(CCCc1ccccn1)NCC(O)c1ccc(Cl)cc1. The maximum atomic E-state index is 11.8. The number of halogens is 1. The third-order valence-electron chi connectivity index (χ3n) is 3.31. The molecular weight excluding hydrogens is 300 g/mol. The zero-order valence-corrected chi connectivity index (χ0v) is 13.0. The van der Waals surface area contributed by atoms with Crippen molar-refractivity contribution in [2.24, 2.45) is 0 Å². The molecule has 116 valence electrons. The van der Waals surface area contributed by atoms with Gasteiger partial charge >= 0.3 is 0 Å². The second-order valence-corrected chi connectivity index (χ2v) is 5.48. The van der Waals surface area contributed by atoms with E-state index in [1.54, 1.807) is 30.5 Å². The van der Waals surface area contributed by atoms with Gasteiger partial charge in [0.05, 0.1) is 6.10 Å². The summed E-state index contributed by atoms with van der Waals surface area (Å²) in [6.07, 6.45) is 2.95. The number of aryl methyl sites for hydroxylation is 1. The lowest BCUT2D eigenvalue weighted by Crippen LogP contribution is -2.28. The van der Waals surface area contributed by atoms with Crippen LogP contribution < -0.4 is 5.32 Å². The monoisotopic (exact) mass is 318 g/mol. The van der Waals surface area contributed by atoms with E-state index in [0.29, 0.717) is 11.4 Å². The first-order chi connectivity index (χ1) is 10.6. The summed E-state index contributed by atoms with van der Waals surface area (Å²) in [5.74, 6) is -0.0658. The first-order valence-corrected chi connectivity index (χ1v) is 7.63. The molecule has 2 rings (SSSR count). The van der Waals surface area contributed by atoms with E-state index >= 15 is 0 Å². The maximum Gasteiger partial charge on any atom is 0.220 e. The minimum atomic E-state index is -0.725. The van der Waals surface area contributed by atoms with Gasteiger partial charge in [-0.2, -0.15) is 0 Å². The molecule has 5 heteroatoms. The Balaban J connectivity index is 1.68. The number of hydrogen-bond acceptors (Lipinski definition) is 3. The molecule has 1 aromatic carbocycles. The molecule has 0 bridgehead atoms. The number of aliphatic hydroxyl groups is 1. The van der Waals surface area contributed by atoms with Gasteiger partial charge in [0.25, 0.3) is 0 Å². The third kappa shape index (κ3) is 5.47. The van der Waals surface area contributed by atoms with Crippen LogP contribution in [0.3, 0.4) is 0 Å². The van der Waals surface area contributed by atoms with E-state index < -0.39 is 6.10 Å². The summed E-state index contributed by atoms with van der Waals surface area (Å²) in [5, 5.41) is 13.4. The molecule has 0 aliphatic heterocycles. The van der Waals surface area contributed by atoms with E-state index in [1.165, 1.54) is 0 Å². The number of nitrogens with one attached hydrogen (secondary N) is 1. The summed E-state index contributed by atoms with van der Waals surface area (Å²) >= 11 is 5.80. The van der Waals surface area contributed by atoms with Crippen LogP contribution in [0.25, 0.3) is 0 Å². The number of amides is 1. The minimum absolute atomic E-state index is 0.0658. The molecule has 0 radical (unpaired) electrons. The van der Waals surface area contributed by atoms with Crippen molar-refractivity contribution < 1.29 is 9.90 Å². The Morgan fingerprint density at radius 3 is 2.68 bits per heavy atom. The number of carbonyl (C=O) groups is 1. The number of rotatable bonds is 7. The lowest BCUT2D eigenvalue weighted by Gasteiger charge is -2.12. The zero-order valence-electron chi connectivity index (χ0n) is 12.2. The maximum absolute atomic E-state index is 11.8. The average Bonchev–Trinajstić information content (AvgIpc) is 2.54. The molecule has 4 nitrogen and oxygen atoms in total. The average molecular weight is 319 g/mol. The van der Waals surface area contributed by atoms with E-state index in [9.17, 15) is 9.90 Å². The minimum Gasteiger partial charge on any atom is -0.387 e. The van der Waals surface area contributed by atoms with Crippen molar-refractivity contribution in [3.05, 3.63) is 64.9 Å². The van der Waals surface area contributed by atoms with Gasteiger partial charge in [0, 0.05) is 29.9 Å². The van der Waals surface area contributed by atoms with Gasteiger partial charge in [0.2, 0.25) is 5.91 Å². The van der Waals surface area contributed by atoms with Gasteiger partial charge in [0.1, 0.15) is 0 Å². The molecule has 0 aliphatic carbocycles. The molecular formula is C17H19ClN2O2. The molecule has 1 aromatic heterocycles. The summed E-state index contributed by atoms with van der Waals surface area (Å²) < 4.78 is 0. The largest absolute Gasteiger partial charge is 0.387 e. The number of aromatic nitrogens is 1. The first kappa shape index (κ1) is 16.5. The highest BCUT2D eigenvalue weighted by Gasteiger charge is 2.09. The number of aliphatic hydroxyl groups excluding tert-OH is 1. The fraction of sp³-hybridized carbons (Fsp3) is 0.294. The van der Waals surface area contributed by atoms with Crippen LogP contribution in [-0.4, -0.2) is 22.5 Å². The van der Waals surface area contributed by atoms with E-state index in [-0.39, 0.29) is 12.5 Å². The lowest BCUT2D eigenvalue weighted by atomic mass is 10.1. The predicted molar refractivity (Wildman–Crippen MR) is 86.6 cm³/mol. The number of nitrogens with zero attached hydrogens (tertiary/aromatic N) is 1. The zero-order chi connectivity index (χ0) is 15.8. The predicted octanol–water partition coefficient (Wildman–Crippen LogP) is 2.91. The summed E-state index contributed by atoms with van der Waals surface area (Å²) in [7, 11) is 0. The molecule has 0 spiro atoms.